The van der Waals surface area contributed by atoms with Gasteiger partial charge < -0.3 is 15.6 Å². The van der Waals surface area contributed by atoms with E-state index < -0.39 is 17.3 Å². The molecular formula is C24H27FN4O2S. The van der Waals surface area contributed by atoms with Crippen molar-refractivity contribution < 1.29 is 13.7 Å². The molecule has 2 heterocycles. The van der Waals surface area contributed by atoms with Crippen LogP contribution in [-0.4, -0.2) is 22.0 Å². The first-order valence-corrected chi connectivity index (χ1v) is 11.5. The van der Waals surface area contributed by atoms with Gasteiger partial charge in [0, 0.05) is 17.0 Å². The van der Waals surface area contributed by atoms with Crippen molar-refractivity contribution in [2.75, 3.05) is 11.1 Å². The molecule has 32 heavy (non-hydrogen) atoms. The van der Waals surface area contributed by atoms with Crippen LogP contribution in [0.15, 0.2) is 58.0 Å². The van der Waals surface area contributed by atoms with Gasteiger partial charge in [0.1, 0.15) is 22.8 Å². The molecule has 1 aliphatic rings. The molecule has 2 aromatic carbocycles. The van der Waals surface area contributed by atoms with Gasteiger partial charge in [-0.05, 0) is 50.1 Å². The first kappa shape index (κ1) is 23.5. The summed E-state index contributed by atoms with van der Waals surface area (Å²) in [4.78, 5) is 17.6. The molecule has 0 bridgehead atoms. The van der Waals surface area contributed by atoms with Gasteiger partial charge in [0.05, 0.1) is 5.54 Å². The molecule has 0 spiro atoms. The van der Waals surface area contributed by atoms with E-state index >= 15 is 0 Å². The molecule has 0 fully saturated rings. The second kappa shape index (κ2) is 9.99. The minimum atomic E-state index is -0.472. The number of aromatic nitrogens is 1. The Balaban J connectivity index is 0.00000141. The number of anilines is 1. The maximum Gasteiger partial charge on any atom is 0.261 e. The minimum Gasteiger partial charge on any atom is -0.379 e. The average molecular weight is 455 g/mol. The Labute approximate surface area is 191 Å². The van der Waals surface area contributed by atoms with E-state index in [2.05, 4.69) is 15.5 Å². The van der Waals surface area contributed by atoms with Crippen LogP contribution in [-0.2, 0) is 5.54 Å². The van der Waals surface area contributed by atoms with Crippen molar-refractivity contribution in [3.05, 3.63) is 71.2 Å². The first-order valence-electron chi connectivity index (χ1n) is 10.5. The number of nitrogens with zero attached hydrogens (tertiary/aromatic N) is 2. The van der Waals surface area contributed by atoms with Crippen molar-refractivity contribution >= 4 is 28.5 Å². The maximum absolute atomic E-state index is 14.2. The zero-order valence-electron chi connectivity index (χ0n) is 18.6. The normalized spacial score (nSPS) is 17.7. The van der Waals surface area contributed by atoms with Crippen LogP contribution in [0.4, 0.5) is 10.1 Å². The molecule has 0 saturated heterocycles. The quantitative estimate of drug-likeness (QED) is 0.525. The van der Waals surface area contributed by atoms with Gasteiger partial charge in [0.2, 0.25) is 0 Å². The monoisotopic (exact) mass is 454 g/mol. The Hall–Kier alpha value is -3.13. The number of aliphatic imine (C=N–C) groups is 1. The van der Waals surface area contributed by atoms with E-state index in [1.165, 1.54) is 6.07 Å². The van der Waals surface area contributed by atoms with Crippen LogP contribution in [0, 0.1) is 12.7 Å². The molecule has 0 aliphatic carbocycles. The van der Waals surface area contributed by atoms with Gasteiger partial charge >= 0.3 is 0 Å². The Bertz CT molecular complexity index is 1140. The highest BCUT2D eigenvalue weighted by atomic mass is 32.2. The molecular weight excluding hydrogens is 427 g/mol. The number of nitrogens with two attached hydrogens (primary N) is 1. The van der Waals surface area contributed by atoms with Crippen molar-refractivity contribution in [3.63, 3.8) is 0 Å². The molecule has 1 aromatic heterocycles. The van der Waals surface area contributed by atoms with E-state index in [4.69, 9.17) is 10.3 Å². The second-order valence-corrected chi connectivity index (χ2v) is 8.41. The summed E-state index contributed by atoms with van der Waals surface area (Å²) in [6.45, 7) is 7.65. The molecule has 8 heteroatoms. The molecule has 168 valence electrons. The van der Waals surface area contributed by atoms with Crippen LogP contribution >= 0.6 is 11.8 Å². The number of nitrogens with one attached hydrogen (secondary N) is 1. The van der Waals surface area contributed by atoms with E-state index in [1.807, 2.05) is 39.0 Å². The van der Waals surface area contributed by atoms with E-state index in [9.17, 15) is 9.18 Å². The third kappa shape index (κ3) is 4.85. The van der Waals surface area contributed by atoms with Crippen LogP contribution in [0.25, 0.3) is 11.3 Å². The summed E-state index contributed by atoms with van der Waals surface area (Å²) in [5.74, 6) is 0.307. The molecule has 3 N–H and O–H groups in total. The van der Waals surface area contributed by atoms with Gasteiger partial charge in [-0.2, -0.15) is 0 Å². The van der Waals surface area contributed by atoms with E-state index in [1.54, 1.807) is 43.0 Å². The van der Waals surface area contributed by atoms with E-state index in [-0.39, 0.29) is 16.8 Å². The molecule has 0 saturated carbocycles. The standard InChI is InChI=1S/C22H21FN4O2S.C2H6/c1-13-18(19(27-29-13)16-8-3-4-9-17(16)23)20(28)25-15-7-5-6-14(12-15)22(2)10-11-30-21(24)26-22;1-2/h3-9,12H,10-11H2,1-2H3,(H2,24,26)(H,25,28);1-2H3. The molecule has 4 rings (SSSR count). The largest absolute Gasteiger partial charge is 0.379 e. The number of amidine groups is 1. The number of hydrogen-bond donors (Lipinski definition) is 2. The van der Waals surface area contributed by atoms with Gasteiger partial charge in [0.15, 0.2) is 5.17 Å². The molecule has 6 nitrogen and oxygen atoms in total. The highest BCUT2D eigenvalue weighted by Gasteiger charge is 2.30. The Morgan fingerprint density at radius 3 is 2.69 bits per heavy atom. The fraction of sp³-hybridized carbons (Fsp3) is 0.292. The number of hydrogen-bond acceptors (Lipinski definition) is 6. The van der Waals surface area contributed by atoms with E-state index in [0.717, 1.165) is 17.7 Å². The average Bonchev–Trinajstić information content (AvgIpc) is 3.17. The lowest BCUT2D eigenvalue weighted by Gasteiger charge is -2.30. The number of thioether (sulfide) groups is 1. The number of carbonyl (C=O) groups is 1. The summed E-state index contributed by atoms with van der Waals surface area (Å²) in [5, 5.41) is 7.35. The highest BCUT2D eigenvalue weighted by Crippen LogP contribution is 2.36. The molecule has 1 amide bonds. The SMILES string of the molecule is CC.Cc1onc(-c2ccccc2F)c1C(=O)Nc1cccc(C2(C)CCSC(N)=N2)c1. The number of rotatable bonds is 4. The summed E-state index contributed by atoms with van der Waals surface area (Å²) in [6.07, 6.45) is 0.845. The Morgan fingerprint density at radius 2 is 1.97 bits per heavy atom. The molecule has 1 unspecified atom stereocenters. The first-order chi connectivity index (χ1) is 15.4. The molecule has 0 radical (unpaired) electrons. The number of benzene rings is 2. The number of carbonyl (C=O) groups excluding carboxylic acids is 1. The number of amides is 1. The molecule has 3 aromatic rings. The zero-order chi connectivity index (χ0) is 23.3. The number of aryl methyl sites for hydroxylation is 1. The van der Waals surface area contributed by atoms with Crippen molar-refractivity contribution in [1.82, 2.24) is 5.16 Å². The lowest BCUT2D eigenvalue weighted by molar-refractivity contribution is 0.102. The van der Waals surface area contributed by atoms with Gasteiger partial charge in [-0.15, -0.1) is 0 Å². The smallest absolute Gasteiger partial charge is 0.261 e. The minimum absolute atomic E-state index is 0.174. The van der Waals surface area contributed by atoms with Crippen molar-refractivity contribution in [1.29, 1.82) is 0 Å². The summed E-state index contributed by atoms with van der Waals surface area (Å²) < 4.78 is 19.4. The fourth-order valence-corrected chi connectivity index (χ4v) is 4.47. The van der Waals surface area contributed by atoms with Crippen LogP contribution in [0.2, 0.25) is 0 Å². The van der Waals surface area contributed by atoms with Crippen molar-refractivity contribution in [2.24, 2.45) is 10.7 Å². The summed E-state index contributed by atoms with van der Waals surface area (Å²) in [5.41, 5.74) is 7.63. The number of halogens is 1. The Kier molecular flexibility index (Phi) is 7.35. The summed E-state index contributed by atoms with van der Waals surface area (Å²) >= 11 is 1.54. The Morgan fingerprint density at radius 1 is 1.22 bits per heavy atom. The third-order valence-electron chi connectivity index (χ3n) is 5.16. The van der Waals surface area contributed by atoms with Crippen molar-refractivity contribution in [3.8, 4) is 11.3 Å². The van der Waals surface area contributed by atoms with Gasteiger partial charge in [0.25, 0.3) is 5.91 Å². The van der Waals surface area contributed by atoms with Gasteiger partial charge in [-0.25, -0.2) is 4.39 Å². The van der Waals surface area contributed by atoms with Crippen molar-refractivity contribution in [2.45, 2.75) is 39.7 Å². The topological polar surface area (TPSA) is 93.5 Å². The van der Waals surface area contributed by atoms with Crippen LogP contribution in [0.1, 0.15) is 48.9 Å². The van der Waals surface area contributed by atoms with Crippen LogP contribution in [0.3, 0.4) is 0 Å². The summed E-state index contributed by atoms with van der Waals surface area (Å²) in [7, 11) is 0. The predicted molar refractivity (Wildman–Crippen MR) is 128 cm³/mol. The maximum atomic E-state index is 14.2. The fourth-order valence-electron chi connectivity index (χ4n) is 3.50. The van der Waals surface area contributed by atoms with Crippen LogP contribution < -0.4 is 11.1 Å². The zero-order valence-corrected chi connectivity index (χ0v) is 19.4. The van der Waals surface area contributed by atoms with Gasteiger partial charge in [-0.3, -0.25) is 9.79 Å². The second-order valence-electron chi connectivity index (χ2n) is 7.30. The summed E-state index contributed by atoms with van der Waals surface area (Å²) in [6, 6.07) is 13.7. The highest BCUT2D eigenvalue weighted by molar-refractivity contribution is 8.13. The molecule has 1 atom stereocenters. The van der Waals surface area contributed by atoms with E-state index in [0.29, 0.717) is 16.6 Å². The lowest BCUT2D eigenvalue weighted by atomic mass is 9.89. The lowest BCUT2D eigenvalue weighted by Crippen LogP contribution is -2.28. The van der Waals surface area contributed by atoms with Gasteiger partial charge in [-0.1, -0.05) is 55.0 Å². The third-order valence-corrected chi connectivity index (χ3v) is 5.95. The predicted octanol–water partition coefficient (Wildman–Crippen LogP) is 5.73. The van der Waals surface area contributed by atoms with Crippen LogP contribution in [0.5, 0.6) is 0 Å². The molecule has 1 aliphatic heterocycles.